The summed E-state index contributed by atoms with van der Waals surface area (Å²) in [6.45, 7) is 3.67. The normalized spacial score (nSPS) is 13.9. The van der Waals surface area contributed by atoms with Crippen LogP contribution in [0, 0.1) is 6.92 Å². The molecule has 7 heteroatoms. The summed E-state index contributed by atoms with van der Waals surface area (Å²) in [5.74, 6) is -0.457. The number of aryl methyl sites for hydroxylation is 2. The van der Waals surface area contributed by atoms with Crippen molar-refractivity contribution in [2.45, 2.75) is 44.4 Å². The zero-order valence-electron chi connectivity index (χ0n) is 16.4. The average molecular weight is 413 g/mol. The molecule has 0 radical (unpaired) electrons. The van der Waals surface area contributed by atoms with Crippen molar-refractivity contribution in [2.24, 2.45) is 0 Å². The molecule has 0 bridgehead atoms. The van der Waals surface area contributed by atoms with Gasteiger partial charge in [-0.25, -0.2) is 13.2 Å². The molecule has 4 rings (SSSR count). The average Bonchev–Trinajstić information content (AvgIpc) is 3.04. The van der Waals surface area contributed by atoms with Crippen LogP contribution in [0.15, 0.2) is 45.7 Å². The van der Waals surface area contributed by atoms with E-state index in [2.05, 4.69) is 10.8 Å². The van der Waals surface area contributed by atoms with Crippen molar-refractivity contribution in [3.05, 3.63) is 58.8 Å². The van der Waals surface area contributed by atoms with Crippen LogP contribution in [0.2, 0.25) is 0 Å². The van der Waals surface area contributed by atoms with Gasteiger partial charge in [-0.2, -0.15) is 0 Å². The molecule has 2 aromatic carbocycles. The van der Waals surface area contributed by atoms with Crippen LogP contribution in [-0.4, -0.2) is 21.0 Å². The molecule has 0 unspecified atom stereocenters. The van der Waals surface area contributed by atoms with Crippen LogP contribution in [0.4, 0.5) is 5.69 Å². The third-order valence-corrected chi connectivity index (χ3v) is 6.68. The van der Waals surface area contributed by atoms with Gasteiger partial charge in [0.15, 0.2) is 0 Å². The SMILES string of the molecule is CCOC(=O)c1oc2ccc(S(=O)(=O)Nc3cccc4c3CCCC4)cc2c1C. The Morgan fingerprint density at radius 1 is 1.17 bits per heavy atom. The molecule has 29 heavy (non-hydrogen) atoms. The molecule has 1 aliphatic carbocycles. The van der Waals surface area contributed by atoms with E-state index in [9.17, 15) is 13.2 Å². The Morgan fingerprint density at radius 2 is 1.97 bits per heavy atom. The highest BCUT2D eigenvalue weighted by Gasteiger charge is 2.23. The first-order chi connectivity index (χ1) is 13.9. The van der Waals surface area contributed by atoms with Crippen molar-refractivity contribution in [3.63, 3.8) is 0 Å². The first kappa shape index (κ1) is 19.5. The minimum absolute atomic E-state index is 0.0986. The molecule has 0 saturated carbocycles. The highest BCUT2D eigenvalue weighted by Crippen LogP contribution is 2.31. The maximum atomic E-state index is 13.1. The summed E-state index contributed by atoms with van der Waals surface area (Å²) < 4.78 is 39.4. The molecule has 1 heterocycles. The van der Waals surface area contributed by atoms with Gasteiger partial charge in [-0.15, -0.1) is 0 Å². The van der Waals surface area contributed by atoms with Crippen LogP contribution in [0.1, 0.15) is 47.0 Å². The van der Waals surface area contributed by atoms with E-state index < -0.39 is 16.0 Å². The number of rotatable bonds is 5. The highest BCUT2D eigenvalue weighted by atomic mass is 32.2. The monoisotopic (exact) mass is 413 g/mol. The van der Waals surface area contributed by atoms with Crippen molar-refractivity contribution < 1.29 is 22.4 Å². The van der Waals surface area contributed by atoms with Gasteiger partial charge >= 0.3 is 5.97 Å². The van der Waals surface area contributed by atoms with Gasteiger partial charge in [-0.05, 0) is 74.9 Å². The number of nitrogens with one attached hydrogen (secondary N) is 1. The fourth-order valence-electron chi connectivity index (χ4n) is 3.84. The van der Waals surface area contributed by atoms with E-state index in [0.717, 1.165) is 31.2 Å². The van der Waals surface area contributed by atoms with Gasteiger partial charge in [0.05, 0.1) is 17.2 Å². The highest BCUT2D eigenvalue weighted by molar-refractivity contribution is 7.92. The predicted octanol–water partition coefficient (Wildman–Crippen LogP) is 4.60. The summed E-state index contributed by atoms with van der Waals surface area (Å²) in [4.78, 5) is 12.2. The molecule has 3 aromatic rings. The van der Waals surface area contributed by atoms with Crippen molar-refractivity contribution in [2.75, 3.05) is 11.3 Å². The Bertz CT molecular complexity index is 1190. The van der Waals surface area contributed by atoms with Gasteiger partial charge < -0.3 is 9.15 Å². The minimum atomic E-state index is -3.78. The molecular weight excluding hydrogens is 390 g/mol. The van der Waals surface area contributed by atoms with Crippen molar-refractivity contribution >= 4 is 32.6 Å². The largest absolute Gasteiger partial charge is 0.460 e. The van der Waals surface area contributed by atoms with E-state index in [0.29, 0.717) is 22.2 Å². The van der Waals surface area contributed by atoms with Crippen molar-refractivity contribution in [3.8, 4) is 0 Å². The lowest BCUT2D eigenvalue weighted by molar-refractivity contribution is 0.0491. The fraction of sp³-hybridized carbons (Fsp3) is 0.318. The van der Waals surface area contributed by atoms with Gasteiger partial charge in [-0.1, -0.05) is 12.1 Å². The second kappa shape index (κ2) is 7.55. The smallest absolute Gasteiger partial charge is 0.374 e. The minimum Gasteiger partial charge on any atom is -0.460 e. The molecule has 1 aromatic heterocycles. The zero-order valence-corrected chi connectivity index (χ0v) is 17.3. The number of carbonyl (C=O) groups excluding carboxylic acids is 1. The number of sulfonamides is 1. The lowest BCUT2D eigenvalue weighted by atomic mass is 9.91. The van der Waals surface area contributed by atoms with Crippen molar-refractivity contribution in [1.82, 2.24) is 0 Å². The number of anilines is 1. The van der Waals surface area contributed by atoms with E-state index >= 15 is 0 Å². The topological polar surface area (TPSA) is 85.6 Å². The van der Waals surface area contributed by atoms with Gasteiger partial charge in [0, 0.05) is 10.9 Å². The molecule has 152 valence electrons. The van der Waals surface area contributed by atoms with E-state index in [1.807, 2.05) is 12.1 Å². The number of benzene rings is 2. The molecule has 6 nitrogen and oxygen atoms in total. The first-order valence-electron chi connectivity index (χ1n) is 9.74. The Labute approximate surface area is 169 Å². The Hall–Kier alpha value is -2.80. The van der Waals surface area contributed by atoms with Crippen LogP contribution in [0.3, 0.4) is 0 Å². The van der Waals surface area contributed by atoms with E-state index in [-0.39, 0.29) is 17.3 Å². The molecule has 0 saturated heterocycles. The van der Waals surface area contributed by atoms with Crippen LogP contribution >= 0.6 is 0 Å². The fourth-order valence-corrected chi connectivity index (χ4v) is 4.96. The van der Waals surface area contributed by atoms with Crippen molar-refractivity contribution in [1.29, 1.82) is 0 Å². The van der Waals surface area contributed by atoms with Gasteiger partial charge in [-0.3, -0.25) is 4.72 Å². The maximum Gasteiger partial charge on any atom is 0.374 e. The number of carbonyl (C=O) groups is 1. The number of hydrogen-bond acceptors (Lipinski definition) is 5. The number of ether oxygens (including phenoxy) is 1. The third kappa shape index (κ3) is 3.62. The second-order valence-corrected chi connectivity index (χ2v) is 8.87. The van der Waals surface area contributed by atoms with Gasteiger partial charge in [0.2, 0.25) is 5.76 Å². The summed E-state index contributed by atoms with van der Waals surface area (Å²) in [5, 5.41) is 0.575. The first-order valence-corrected chi connectivity index (χ1v) is 11.2. The van der Waals surface area contributed by atoms with Crippen LogP contribution in [-0.2, 0) is 27.6 Å². The summed E-state index contributed by atoms with van der Waals surface area (Å²) in [7, 11) is -3.78. The molecule has 1 aliphatic rings. The molecule has 0 fully saturated rings. The van der Waals surface area contributed by atoms with Crippen LogP contribution < -0.4 is 4.72 Å². The zero-order chi connectivity index (χ0) is 20.6. The number of esters is 1. The molecule has 0 atom stereocenters. The number of furan rings is 1. The Kier molecular flexibility index (Phi) is 5.08. The van der Waals surface area contributed by atoms with E-state index in [1.54, 1.807) is 19.9 Å². The molecule has 0 spiro atoms. The number of fused-ring (bicyclic) bond motifs is 2. The van der Waals surface area contributed by atoms with Crippen LogP contribution in [0.5, 0.6) is 0 Å². The number of hydrogen-bond donors (Lipinski definition) is 1. The van der Waals surface area contributed by atoms with E-state index in [4.69, 9.17) is 9.15 Å². The lowest BCUT2D eigenvalue weighted by Crippen LogP contribution is -2.16. The summed E-state index contributed by atoms with van der Waals surface area (Å²) in [5.41, 5.74) is 3.93. The summed E-state index contributed by atoms with van der Waals surface area (Å²) in [6, 6.07) is 10.3. The third-order valence-electron chi connectivity index (χ3n) is 5.32. The maximum absolute atomic E-state index is 13.1. The molecule has 0 amide bonds. The second-order valence-electron chi connectivity index (χ2n) is 7.19. The van der Waals surface area contributed by atoms with Gasteiger partial charge in [0.1, 0.15) is 5.58 Å². The molecule has 0 aliphatic heterocycles. The van der Waals surface area contributed by atoms with Gasteiger partial charge in [0.25, 0.3) is 10.0 Å². The predicted molar refractivity (Wildman–Crippen MR) is 111 cm³/mol. The summed E-state index contributed by atoms with van der Waals surface area (Å²) in [6.07, 6.45) is 4.03. The van der Waals surface area contributed by atoms with E-state index in [1.165, 1.54) is 17.7 Å². The molecular formula is C22H23NO5S. The lowest BCUT2D eigenvalue weighted by Gasteiger charge is -2.20. The Balaban J connectivity index is 1.70. The molecule has 1 N–H and O–H groups in total. The van der Waals surface area contributed by atoms with Crippen LogP contribution in [0.25, 0.3) is 11.0 Å². The standard InChI is InChI=1S/C22H23NO5S/c1-3-27-22(24)21-14(2)18-13-16(11-12-20(18)28-21)29(25,26)23-19-10-6-8-15-7-4-5-9-17(15)19/h6,8,10-13,23H,3-5,7,9H2,1-2H3. The summed E-state index contributed by atoms with van der Waals surface area (Å²) >= 11 is 0. The Morgan fingerprint density at radius 3 is 2.76 bits per heavy atom. The quantitative estimate of drug-likeness (QED) is 0.618.